The average molecular weight is 198 g/mol. The first-order valence-corrected chi connectivity index (χ1v) is 5.32. The van der Waals surface area contributed by atoms with Crippen molar-refractivity contribution in [1.29, 1.82) is 0 Å². The van der Waals surface area contributed by atoms with Crippen LogP contribution in [0.2, 0.25) is 0 Å². The van der Waals surface area contributed by atoms with Gasteiger partial charge in [-0.05, 0) is 26.9 Å². The van der Waals surface area contributed by atoms with Crippen molar-refractivity contribution in [3.63, 3.8) is 0 Å². The molecule has 1 saturated heterocycles. The lowest BCUT2D eigenvalue weighted by atomic mass is 10.2. The van der Waals surface area contributed by atoms with Gasteiger partial charge in [0.25, 0.3) is 0 Å². The van der Waals surface area contributed by atoms with Crippen LogP contribution in [0.5, 0.6) is 0 Å². The lowest BCUT2D eigenvalue weighted by Gasteiger charge is -2.26. The van der Waals surface area contributed by atoms with Crippen LogP contribution in [-0.4, -0.2) is 50.8 Å². The number of morpholine rings is 1. The van der Waals surface area contributed by atoms with Crippen molar-refractivity contribution in [3.8, 4) is 0 Å². The Morgan fingerprint density at radius 3 is 3.00 bits per heavy atom. The minimum Gasteiger partial charge on any atom is -0.379 e. The summed E-state index contributed by atoms with van der Waals surface area (Å²) in [6, 6.07) is 0.538. The maximum atomic E-state index is 5.40. The van der Waals surface area contributed by atoms with Crippen LogP contribution in [0.1, 0.15) is 13.3 Å². The van der Waals surface area contributed by atoms with Crippen LogP contribution in [0.4, 0.5) is 0 Å². The van der Waals surface area contributed by atoms with Crippen LogP contribution < -0.4 is 5.32 Å². The second kappa shape index (κ2) is 6.17. The van der Waals surface area contributed by atoms with Crippen LogP contribution in [0.15, 0.2) is 12.2 Å². The van der Waals surface area contributed by atoms with Gasteiger partial charge in [0, 0.05) is 19.1 Å². The zero-order chi connectivity index (χ0) is 10.4. The van der Waals surface area contributed by atoms with Gasteiger partial charge in [-0.2, -0.15) is 0 Å². The van der Waals surface area contributed by atoms with Crippen molar-refractivity contribution in [2.24, 2.45) is 0 Å². The lowest BCUT2D eigenvalue weighted by molar-refractivity contribution is 0.0713. The van der Waals surface area contributed by atoms with Gasteiger partial charge in [0.05, 0.1) is 13.2 Å². The Labute approximate surface area is 87.1 Å². The fourth-order valence-electron chi connectivity index (χ4n) is 1.72. The van der Waals surface area contributed by atoms with E-state index in [1.54, 1.807) is 0 Å². The maximum absolute atomic E-state index is 5.40. The molecule has 0 aliphatic carbocycles. The fourth-order valence-corrected chi connectivity index (χ4v) is 1.72. The van der Waals surface area contributed by atoms with Gasteiger partial charge in [-0.25, -0.2) is 0 Å². The first kappa shape index (κ1) is 11.7. The van der Waals surface area contributed by atoms with E-state index in [-0.39, 0.29) is 0 Å². The van der Waals surface area contributed by atoms with E-state index in [0.29, 0.717) is 6.04 Å². The van der Waals surface area contributed by atoms with E-state index >= 15 is 0 Å². The monoisotopic (exact) mass is 198 g/mol. The molecule has 0 radical (unpaired) electrons. The Bertz CT molecular complexity index is 176. The van der Waals surface area contributed by atoms with Crippen LogP contribution in [0.3, 0.4) is 0 Å². The van der Waals surface area contributed by atoms with E-state index in [1.807, 2.05) is 0 Å². The standard InChI is InChI=1S/C11H22N2O/c1-10(2)8-13(3)6-4-11-9-14-7-5-12-11/h11-12H,1,4-9H2,2-3H3. The molecule has 0 bridgehead atoms. The molecule has 3 heteroatoms. The summed E-state index contributed by atoms with van der Waals surface area (Å²) in [5.41, 5.74) is 1.22. The molecule has 1 fully saturated rings. The number of ether oxygens (including phenoxy) is 1. The molecule has 1 unspecified atom stereocenters. The number of nitrogens with zero attached hydrogens (tertiary/aromatic N) is 1. The van der Waals surface area contributed by atoms with Crippen LogP contribution in [-0.2, 0) is 4.74 Å². The zero-order valence-corrected chi connectivity index (χ0v) is 9.38. The Morgan fingerprint density at radius 2 is 2.43 bits per heavy atom. The van der Waals surface area contributed by atoms with Crippen molar-refractivity contribution in [1.82, 2.24) is 10.2 Å². The highest BCUT2D eigenvalue weighted by Gasteiger charge is 2.12. The van der Waals surface area contributed by atoms with Crippen LogP contribution in [0, 0.1) is 0 Å². The minimum absolute atomic E-state index is 0.538. The summed E-state index contributed by atoms with van der Waals surface area (Å²) in [4.78, 5) is 2.30. The summed E-state index contributed by atoms with van der Waals surface area (Å²) in [7, 11) is 2.14. The van der Waals surface area contributed by atoms with Crippen molar-refractivity contribution in [2.45, 2.75) is 19.4 Å². The van der Waals surface area contributed by atoms with Crippen LogP contribution in [0.25, 0.3) is 0 Å². The largest absolute Gasteiger partial charge is 0.379 e. The second-order valence-electron chi connectivity index (χ2n) is 4.21. The molecule has 0 amide bonds. The molecule has 0 spiro atoms. The number of likely N-dealkylation sites (N-methyl/N-ethyl adjacent to an activating group) is 1. The van der Waals surface area contributed by atoms with E-state index in [4.69, 9.17) is 4.74 Å². The highest BCUT2D eigenvalue weighted by atomic mass is 16.5. The van der Waals surface area contributed by atoms with E-state index in [1.165, 1.54) is 5.57 Å². The normalized spacial score (nSPS) is 22.6. The summed E-state index contributed by atoms with van der Waals surface area (Å²) in [6.45, 7) is 10.8. The first-order valence-electron chi connectivity index (χ1n) is 5.32. The van der Waals surface area contributed by atoms with Gasteiger partial charge >= 0.3 is 0 Å². The van der Waals surface area contributed by atoms with Gasteiger partial charge < -0.3 is 15.0 Å². The smallest absolute Gasteiger partial charge is 0.0620 e. The first-order chi connectivity index (χ1) is 6.68. The highest BCUT2D eigenvalue weighted by molar-refractivity contribution is 4.91. The molecule has 3 nitrogen and oxygen atoms in total. The predicted molar refractivity (Wildman–Crippen MR) is 59.5 cm³/mol. The molecule has 0 aromatic rings. The third-order valence-electron chi connectivity index (χ3n) is 2.40. The highest BCUT2D eigenvalue weighted by Crippen LogP contribution is 2.01. The molecule has 1 aliphatic rings. The summed E-state index contributed by atoms with van der Waals surface area (Å²) < 4.78 is 5.40. The van der Waals surface area contributed by atoms with Gasteiger partial charge in [0.1, 0.15) is 0 Å². The summed E-state index contributed by atoms with van der Waals surface area (Å²) >= 11 is 0. The molecule has 82 valence electrons. The lowest BCUT2D eigenvalue weighted by Crippen LogP contribution is -2.43. The Hall–Kier alpha value is -0.380. The molecular weight excluding hydrogens is 176 g/mol. The second-order valence-corrected chi connectivity index (χ2v) is 4.21. The molecule has 0 aromatic carbocycles. The summed E-state index contributed by atoms with van der Waals surface area (Å²) in [5, 5.41) is 3.45. The van der Waals surface area contributed by atoms with Crippen molar-refractivity contribution in [3.05, 3.63) is 12.2 Å². The average Bonchev–Trinajstić information content (AvgIpc) is 2.15. The van der Waals surface area contributed by atoms with Gasteiger partial charge in [-0.3, -0.25) is 0 Å². The van der Waals surface area contributed by atoms with Crippen molar-refractivity contribution < 1.29 is 4.74 Å². The number of nitrogens with one attached hydrogen (secondary N) is 1. The van der Waals surface area contributed by atoms with E-state index < -0.39 is 0 Å². The van der Waals surface area contributed by atoms with Crippen molar-refractivity contribution >= 4 is 0 Å². The molecule has 14 heavy (non-hydrogen) atoms. The van der Waals surface area contributed by atoms with Crippen LogP contribution >= 0.6 is 0 Å². The van der Waals surface area contributed by atoms with Gasteiger partial charge in [-0.15, -0.1) is 0 Å². The third kappa shape index (κ3) is 4.74. The molecule has 1 aliphatic heterocycles. The van der Waals surface area contributed by atoms with Crippen molar-refractivity contribution in [2.75, 3.05) is 39.9 Å². The molecule has 1 heterocycles. The van der Waals surface area contributed by atoms with E-state index in [2.05, 4.69) is 30.8 Å². The summed E-state index contributed by atoms with van der Waals surface area (Å²) in [5.74, 6) is 0. The molecule has 1 atom stereocenters. The number of rotatable bonds is 5. The molecular formula is C11H22N2O. The van der Waals surface area contributed by atoms with Gasteiger partial charge in [-0.1, -0.05) is 12.2 Å². The van der Waals surface area contributed by atoms with E-state index in [9.17, 15) is 0 Å². The quantitative estimate of drug-likeness (QED) is 0.664. The fraction of sp³-hybridized carbons (Fsp3) is 0.818. The number of hydrogen-bond donors (Lipinski definition) is 1. The maximum Gasteiger partial charge on any atom is 0.0620 e. The predicted octanol–water partition coefficient (Wildman–Crippen LogP) is 0.873. The molecule has 0 aromatic heterocycles. The van der Waals surface area contributed by atoms with E-state index in [0.717, 1.165) is 39.3 Å². The molecule has 1 N–H and O–H groups in total. The Morgan fingerprint density at radius 1 is 1.64 bits per heavy atom. The third-order valence-corrected chi connectivity index (χ3v) is 2.40. The van der Waals surface area contributed by atoms with Gasteiger partial charge in [0.15, 0.2) is 0 Å². The number of hydrogen-bond acceptors (Lipinski definition) is 3. The Balaban J connectivity index is 2.09. The van der Waals surface area contributed by atoms with Gasteiger partial charge in [0.2, 0.25) is 0 Å². The SMILES string of the molecule is C=C(C)CN(C)CCC1COCCN1. The topological polar surface area (TPSA) is 24.5 Å². The minimum atomic E-state index is 0.538. The molecule has 0 saturated carbocycles. The zero-order valence-electron chi connectivity index (χ0n) is 9.38. The molecule has 1 rings (SSSR count). The summed E-state index contributed by atoms with van der Waals surface area (Å²) in [6.07, 6.45) is 1.16. The Kier molecular flexibility index (Phi) is 5.15.